The first kappa shape index (κ1) is 21.7. The van der Waals surface area contributed by atoms with Gasteiger partial charge in [0.2, 0.25) is 0 Å². The lowest BCUT2D eigenvalue weighted by Crippen LogP contribution is -2.44. The van der Waals surface area contributed by atoms with Gasteiger partial charge in [-0.15, -0.1) is 0 Å². The van der Waals surface area contributed by atoms with E-state index >= 15 is 0 Å². The van der Waals surface area contributed by atoms with Crippen LogP contribution < -0.4 is 10.1 Å². The van der Waals surface area contributed by atoms with Crippen molar-refractivity contribution in [1.29, 1.82) is 5.26 Å². The fraction of sp³-hybridized carbons (Fsp3) is 0.381. The molecule has 5 nitrogen and oxygen atoms in total. The number of likely N-dealkylation sites (N-methyl/N-ethyl adjacent to an activating group) is 1. The summed E-state index contributed by atoms with van der Waals surface area (Å²) in [6.45, 7) is 5.41. The van der Waals surface area contributed by atoms with Crippen LogP contribution >= 0.6 is 22.6 Å². The largest absolute Gasteiger partial charge is 0.492 e. The second kappa shape index (κ2) is 10.2. The first-order valence-electron chi connectivity index (χ1n) is 9.45. The molecule has 0 unspecified atom stereocenters. The first-order valence-corrected chi connectivity index (χ1v) is 10.5. The van der Waals surface area contributed by atoms with E-state index in [9.17, 15) is 14.0 Å². The second-order valence-corrected chi connectivity index (χ2v) is 8.28. The monoisotopic (exact) mass is 512 g/mol. The molecule has 0 saturated carbocycles. The number of rotatable bonds is 7. The Morgan fingerprint density at radius 3 is 2.59 bits per heavy atom. The molecule has 0 amide bonds. The van der Waals surface area contributed by atoms with Gasteiger partial charge in [-0.05, 0) is 60.3 Å². The zero-order valence-electron chi connectivity index (χ0n) is 16.2. The van der Waals surface area contributed by atoms with E-state index in [-0.39, 0.29) is 22.7 Å². The van der Waals surface area contributed by atoms with Crippen LogP contribution in [0.25, 0.3) is 0 Å². The van der Waals surface area contributed by atoms with E-state index in [1.54, 1.807) is 12.1 Å². The van der Waals surface area contributed by atoms with Gasteiger partial charge in [0.1, 0.15) is 29.0 Å². The van der Waals surface area contributed by atoms with Gasteiger partial charge in [0.25, 0.3) is 0 Å². The van der Waals surface area contributed by atoms with Crippen LogP contribution in [-0.2, 0) is 0 Å². The summed E-state index contributed by atoms with van der Waals surface area (Å²) in [6, 6.07) is 9.07. The van der Waals surface area contributed by atoms with Crippen LogP contribution in [0.2, 0.25) is 0 Å². The Kier molecular flexibility index (Phi) is 7.64. The van der Waals surface area contributed by atoms with Gasteiger partial charge in [-0.3, -0.25) is 0 Å². The summed E-state index contributed by atoms with van der Waals surface area (Å²) >= 11 is 2.01. The van der Waals surface area contributed by atoms with Crippen molar-refractivity contribution in [2.24, 2.45) is 0 Å². The zero-order valence-corrected chi connectivity index (χ0v) is 18.4. The predicted molar refractivity (Wildman–Crippen MR) is 118 cm³/mol. The third-order valence-corrected chi connectivity index (χ3v) is 5.52. The van der Waals surface area contributed by atoms with Gasteiger partial charge in [0.15, 0.2) is 0 Å². The van der Waals surface area contributed by atoms with Gasteiger partial charge in [-0.1, -0.05) is 0 Å². The highest BCUT2D eigenvalue weighted by Gasteiger charge is 2.16. The van der Waals surface area contributed by atoms with Crippen molar-refractivity contribution in [3.63, 3.8) is 0 Å². The van der Waals surface area contributed by atoms with Crippen molar-refractivity contribution in [2.45, 2.75) is 6.42 Å². The lowest BCUT2D eigenvalue weighted by atomic mass is 10.1. The van der Waals surface area contributed by atoms with Crippen LogP contribution in [0.1, 0.15) is 12.0 Å². The number of benzene rings is 2. The molecule has 1 N–H and O–H groups in total. The van der Waals surface area contributed by atoms with E-state index in [0.29, 0.717) is 6.61 Å². The molecule has 0 aromatic heterocycles. The van der Waals surface area contributed by atoms with E-state index in [4.69, 9.17) is 4.74 Å². The molecule has 1 fully saturated rings. The van der Waals surface area contributed by atoms with Crippen molar-refractivity contribution in [3.05, 3.63) is 51.1 Å². The summed E-state index contributed by atoms with van der Waals surface area (Å²) in [5, 5.41) is 12.4. The Morgan fingerprint density at radius 1 is 1.14 bits per heavy atom. The molecular weight excluding hydrogens is 489 g/mol. The molecule has 3 rings (SSSR count). The van der Waals surface area contributed by atoms with Crippen LogP contribution in [0.4, 0.5) is 20.2 Å². The molecule has 0 spiro atoms. The maximum Gasteiger partial charge on any atom is 0.147 e. The molecule has 1 heterocycles. The van der Waals surface area contributed by atoms with Gasteiger partial charge < -0.3 is 19.9 Å². The van der Waals surface area contributed by atoms with Crippen LogP contribution in [0.5, 0.6) is 5.75 Å². The van der Waals surface area contributed by atoms with E-state index in [1.165, 1.54) is 18.2 Å². The standard InChI is InChI=1S/C21H23F2IN4O/c1-27-6-8-28(9-7-27)5-2-10-29-21-12-15(22)11-20(17(21)14-25)26-19-4-3-16(24)13-18(19)23/h3-4,11-13,26H,2,5-10H2,1H3. The molecule has 1 aliphatic heterocycles. The zero-order chi connectivity index (χ0) is 20.8. The van der Waals surface area contributed by atoms with Gasteiger partial charge in [-0.2, -0.15) is 5.26 Å². The quantitative estimate of drug-likeness (QED) is 0.446. The molecular formula is C21H23F2IN4O. The molecule has 1 saturated heterocycles. The summed E-state index contributed by atoms with van der Waals surface area (Å²) in [6.07, 6.45) is 0.777. The average molecular weight is 512 g/mol. The van der Waals surface area contributed by atoms with Gasteiger partial charge in [-0.25, -0.2) is 8.78 Å². The minimum Gasteiger partial charge on any atom is -0.492 e. The fourth-order valence-electron chi connectivity index (χ4n) is 3.19. The van der Waals surface area contributed by atoms with Crippen molar-refractivity contribution in [2.75, 3.05) is 51.7 Å². The molecule has 8 heteroatoms. The molecule has 0 atom stereocenters. The van der Waals surface area contributed by atoms with Gasteiger partial charge in [0.05, 0.1) is 18.0 Å². The third-order valence-electron chi connectivity index (χ3n) is 4.85. The Bertz CT molecular complexity index is 895. The lowest BCUT2D eigenvalue weighted by Gasteiger charge is -2.32. The van der Waals surface area contributed by atoms with E-state index in [2.05, 4.69) is 22.2 Å². The first-order chi connectivity index (χ1) is 14.0. The normalized spacial score (nSPS) is 15.1. The average Bonchev–Trinajstić information content (AvgIpc) is 2.68. The SMILES string of the molecule is CN1CCN(CCCOc2cc(F)cc(Nc3ccc(I)cc3F)c2C#N)CC1. The number of hydrogen-bond acceptors (Lipinski definition) is 5. The topological polar surface area (TPSA) is 51.5 Å². The molecule has 2 aromatic rings. The maximum atomic E-state index is 14.1. The van der Waals surface area contributed by atoms with Crippen LogP contribution in [-0.4, -0.2) is 56.2 Å². The molecule has 0 bridgehead atoms. The Hall–Kier alpha value is -1.96. The number of halogens is 3. The highest BCUT2D eigenvalue weighted by molar-refractivity contribution is 14.1. The Balaban J connectivity index is 1.65. The number of anilines is 2. The highest BCUT2D eigenvalue weighted by atomic mass is 127. The van der Waals surface area contributed by atoms with Crippen LogP contribution in [0.15, 0.2) is 30.3 Å². The predicted octanol–water partition coefficient (Wildman–Crippen LogP) is 4.20. The van der Waals surface area contributed by atoms with E-state index in [0.717, 1.165) is 42.7 Å². The Labute approximate surface area is 183 Å². The molecule has 29 heavy (non-hydrogen) atoms. The van der Waals surface area contributed by atoms with Gasteiger partial charge in [0, 0.05) is 42.4 Å². The molecule has 154 valence electrons. The molecule has 0 radical (unpaired) electrons. The van der Waals surface area contributed by atoms with Gasteiger partial charge >= 0.3 is 0 Å². The van der Waals surface area contributed by atoms with Crippen molar-refractivity contribution >= 4 is 34.0 Å². The molecule has 0 aliphatic carbocycles. The number of nitrogens with one attached hydrogen (secondary N) is 1. The van der Waals surface area contributed by atoms with Crippen LogP contribution in [0.3, 0.4) is 0 Å². The van der Waals surface area contributed by atoms with Crippen molar-refractivity contribution in [3.8, 4) is 11.8 Å². The van der Waals surface area contributed by atoms with Crippen molar-refractivity contribution < 1.29 is 13.5 Å². The molecule has 2 aromatic carbocycles. The summed E-state index contributed by atoms with van der Waals surface area (Å²) in [4.78, 5) is 4.66. The number of piperazine rings is 1. The smallest absolute Gasteiger partial charge is 0.147 e. The highest BCUT2D eigenvalue weighted by Crippen LogP contribution is 2.31. The van der Waals surface area contributed by atoms with Crippen molar-refractivity contribution in [1.82, 2.24) is 9.80 Å². The van der Waals surface area contributed by atoms with Crippen LogP contribution in [0, 0.1) is 26.5 Å². The Morgan fingerprint density at radius 2 is 1.90 bits per heavy atom. The van der Waals surface area contributed by atoms with E-state index < -0.39 is 11.6 Å². The maximum absolute atomic E-state index is 14.1. The minimum absolute atomic E-state index is 0.156. The number of nitrogens with zero attached hydrogens (tertiary/aromatic N) is 3. The number of nitriles is 1. The fourth-order valence-corrected chi connectivity index (χ4v) is 3.64. The number of hydrogen-bond donors (Lipinski definition) is 1. The summed E-state index contributed by atoms with van der Waals surface area (Å²) in [7, 11) is 2.11. The summed E-state index contributed by atoms with van der Waals surface area (Å²) in [5.74, 6) is -0.856. The lowest BCUT2D eigenvalue weighted by molar-refractivity contribution is 0.145. The summed E-state index contributed by atoms with van der Waals surface area (Å²) < 4.78 is 34.7. The summed E-state index contributed by atoms with van der Waals surface area (Å²) in [5.41, 5.74) is 0.513. The second-order valence-electron chi connectivity index (χ2n) is 7.03. The third kappa shape index (κ3) is 6.01. The minimum atomic E-state index is -0.550. The number of ether oxygens (including phenoxy) is 1. The molecule has 1 aliphatic rings. The van der Waals surface area contributed by atoms with E-state index in [1.807, 2.05) is 28.7 Å².